The summed E-state index contributed by atoms with van der Waals surface area (Å²) < 4.78 is 6.25. The van der Waals surface area contributed by atoms with Crippen LogP contribution in [-0.4, -0.2) is 34.8 Å². The number of ether oxygens (including phenoxy) is 1. The van der Waals surface area contributed by atoms with Gasteiger partial charge in [0.2, 0.25) is 0 Å². The SMILES string of the molecule is C=CCCCCSCCCC[C@H]1[C@@H](CCCCCCC(=O)O)[C@H]2CC[C@@H]1O2. The first-order valence-corrected chi connectivity index (χ1v) is 12.4. The molecule has 2 fully saturated rings. The number of aliphatic carboxylic acids is 1. The van der Waals surface area contributed by atoms with Crippen molar-refractivity contribution in [2.24, 2.45) is 11.8 Å². The Hall–Kier alpha value is -0.480. The predicted octanol–water partition coefficient (Wildman–Crippen LogP) is 6.47. The molecule has 0 spiro atoms. The number of thioether (sulfide) groups is 1. The summed E-state index contributed by atoms with van der Waals surface area (Å²) in [6.45, 7) is 3.78. The molecule has 0 aromatic rings. The number of carbonyl (C=O) groups is 1. The van der Waals surface area contributed by atoms with Gasteiger partial charge in [0.25, 0.3) is 0 Å². The lowest BCUT2D eigenvalue weighted by molar-refractivity contribution is -0.137. The summed E-state index contributed by atoms with van der Waals surface area (Å²) in [7, 11) is 0. The van der Waals surface area contributed by atoms with E-state index in [1.165, 1.54) is 75.7 Å². The van der Waals surface area contributed by atoms with Gasteiger partial charge in [-0.1, -0.05) is 31.8 Å². The topological polar surface area (TPSA) is 46.5 Å². The second-order valence-electron chi connectivity index (χ2n) is 8.36. The Morgan fingerprint density at radius 2 is 1.52 bits per heavy atom. The average Bonchev–Trinajstić information content (AvgIpc) is 3.25. The fourth-order valence-electron chi connectivity index (χ4n) is 4.86. The summed E-state index contributed by atoms with van der Waals surface area (Å²) in [5.41, 5.74) is 0. The number of unbranched alkanes of at least 4 members (excludes halogenated alkanes) is 6. The molecule has 1 N–H and O–H groups in total. The number of carboxylic acid groups (broad SMARTS) is 1. The van der Waals surface area contributed by atoms with Gasteiger partial charge in [0.15, 0.2) is 0 Å². The Balaban J connectivity index is 1.53. The van der Waals surface area contributed by atoms with E-state index < -0.39 is 5.97 Å². The van der Waals surface area contributed by atoms with Gasteiger partial charge in [-0.25, -0.2) is 0 Å². The van der Waals surface area contributed by atoms with E-state index in [9.17, 15) is 4.79 Å². The molecule has 0 saturated carbocycles. The largest absolute Gasteiger partial charge is 0.481 e. The number of rotatable bonds is 17. The zero-order valence-corrected chi connectivity index (χ0v) is 17.9. The number of fused-ring (bicyclic) bond motifs is 2. The van der Waals surface area contributed by atoms with Gasteiger partial charge in [-0.05, 0) is 81.1 Å². The lowest BCUT2D eigenvalue weighted by Gasteiger charge is -2.28. The Morgan fingerprint density at radius 1 is 0.926 bits per heavy atom. The third-order valence-corrected chi connectivity index (χ3v) is 7.45. The normalized spacial score (nSPS) is 26.5. The minimum atomic E-state index is -0.661. The molecule has 4 atom stereocenters. The molecule has 2 rings (SSSR count). The summed E-state index contributed by atoms with van der Waals surface area (Å²) in [4.78, 5) is 10.6. The third kappa shape index (κ3) is 8.60. The summed E-state index contributed by atoms with van der Waals surface area (Å²) >= 11 is 2.12. The fourth-order valence-corrected chi connectivity index (χ4v) is 5.88. The molecular formula is C23H40O3S. The second kappa shape index (κ2) is 13.7. The molecule has 2 bridgehead atoms. The van der Waals surface area contributed by atoms with Crippen LogP contribution >= 0.6 is 11.8 Å². The van der Waals surface area contributed by atoms with Crippen molar-refractivity contribution in [1.82, 2.24) is 0 Å². The van der Waals surface area contributed by atoms with E-state index in [4.69, 9.17) is 9.84 Å². The van der Waals surface area contributed by atoms with Crippen LogP contribution in [0.5, 0.6) is 0 Å². The predicted molar refractivity (Wildman–Crippen MR) is 115 cm³/mol. The fraction of sp³-hybridized carbons (Fsp3) is 0.870. The van der Waals surface area contributed by atoms with Gasteiger partial charge in [0.05, 0.1) is 12.2 Å². The van der Waals surface area contributed by atoms with Gasteiger partial charge in [0.1, 0.15) is 0 Å². The Bertz CT molecular complexity index is 426. The zero-order chi connectivity index (χ0) is 19.3. The maximum Gasteiger partial charge on any atom is 0.303 e. The average molecular weight is 397 g/mol. The molecule has 0 radical (unpaired) electrons. The number of carboxylic acids is 1. The zero-order valence-electron chi connectivity index (χ0n) is 17.1. The summed E-state index contributed by atoms with van der Waals surface area (Å²) in [5.74, 6) is 3.51. The molecule has 0 aliphatic carbocycles. The van der Waals surface area contributed by atoms with Gasteiger partial charge in [-0.15, -0.1) is 6.58 Å². The highest BCUT2D eigenvalue weighted by Crippen LogP contribution is 2.47. The highest BCUT2D eigenvalue weighted by atomic mass is 32.2. The van der Waals surface area contributed by atoms with E-state index in [-0.39, 0.29) is 0 Å². The van der Waals surface area contributed by atoms with Crippen LogP contribution in [0.4, 0.5) is 0 Å². The maximum absolute atomic E-state index is 10.6. The molecule has 156 valence electrons. The van der Waals surface area contributed by atoms with E-state index in [1.807, 2.05) is 6.08 Å². The summed E-state index contributed by atoms with van der Waals surface area (Å²) in [6, 6.07) is 0. The van der Waals surface area contributed by atoms with Crippen molar-refractivity contribution >= 4 is 17.7 Å². The Morgan fingerprint density at radius 3 is 2.15 bits per heavy atom. The standard InChI is InChI=1S/C23H40O3S/c1-2-3-4-10-17-27-18-11-9-13-20-19(21-15-16-22(20)26-21)12-7-5-6-8-14-23(24)25/h2,19-22H,1,3-18H2,(H,24,25)/t19-,20+,21-,22+/m1/s1. The van der Waals surface area contributed by atoms with E-state index in [1.54, 1.807) is 0 Å². The van der Waals surface area contributed by atoms with Crippen molar-refractivity contribution < 1.29 is 14.6 Å². The first-order valence-electron chi connectivity index (χ1n) is 11.3. The van der Waals surface area contributed by atoms with Crippen LogP contribution in [0.1, 0.15) is 89.9 Å². The van der Waals surface area contributed by atoms with Crippen LogP contribution in [0.25, 0.3) is 0 Å². The molecule has 27 heavy (non-hydrogen) atoms. The van der Waals surface area contributed by atoms with Gasteiger partial charge < -0.3 is 9.84 Å². The lowest BCUT2D eigenvalue weighted by Crippen LogP contribution is -2.27. The highest BCUT2D eigenvalue weighted by molar-refractivity contribution is 7.99. The van der Waals surface area contributed by atoms with E-state index in [0.29, 0.717) is 18.6 Å². The van der Waals surface area contributed by atoms with Crippen LogP contribution < -0.4 is 0 Å². The highest BCUT2D eigenvalue weighted by Gasteiger charge is 2.47. The number of hydrogen-bond acceptors (Lipinski definition) is 3. The molecule has 0 aromatic carbocycles. The van der Waals surface area contributed by atoms with E-state index in [2.05, 4.69) is 18.3 Å². The summed E-state index contributed by atoms with van der Waals surface area (Å²) in [6.07, 6.45) is 19.4. The molecular weight excluding hydrogens is 356 g/mol. The van der Waals surface area contributed by atoms with Crippen LogP contribution in [0.3, 0.4) is 0 Å². The van der Waals surface area contributed by atoms with Crippen molar-refractivity contribution in [1.29, 1.82) is 0 Å². The summed E-state index contributed by atoms with van der Waals surface area (Å²) in [5, 5.41) is 8.71. The first kappa shape index (κ1) is 22.8. The second-order valence-corrected chi connectivity index (χ2v) is 9.58. The Labute approximate surface area is 170 Å². The number of allylic oxidation sites excluding steroid dienone is 1. The van der Waals surface area contributed by atoms with Gasteiger partial charge in [-0.2, -0.15) is 11.8 Å². The van der Waals surface area contributed by atoms with Crippen LogP contribution in [0.2, 0.25) is 0 Å². The van der Waals surface area contributed by atoms with Crippen LogP contribution in [0, 0.1) is 11.8 Å². The van der Waals surface area contributed by atoms with Crippen LogP contribution in [-0.2, 0) is 9.53 Å². The molecule has 4 heteroatoms. The quantitative estimate of drug-likeness (QED) is 0.226. The third-order valence-electron chi connectivity index (χ3n) is 6.29. The minimum Gasteiger partial charge on any atom is -0.481 e. The van der Waals surface area contributed by atoms with E-state index >= 15 is 0 Å². The molecule has 2 aliphatic heterocycles. The van der Waals surface area contributed by atoms with Gasteiger partial charge in [0, 0.05) is 6.42 Å². The van der Waals surface area contributed by atoms with Crippen molar-refractivity contribution in [3.8, 4) is 0 Å². The van der Waals surface area contributed by atoms with Gasteiger partial charge >= 0.3 is 5.97 Å². The molecule has 2 aliphatic rings. The Kier molecular flexibility index (Phi) is 11.5. The molecule has 0 amide bonds. The van der Waals surface area contributed by atoms with E-state index in [0.717, 1.165) is 31.1 Å². The van der Waals surface area contributed by atoms with Crippen molar-refractivity contribution in [3.05, 3.63) is 12.7 Å². The molecule has 3 nitrogen and oxygen atoms in total. The maximum atomic E-state index is 10.6. The van der Waals surface area contributed by atoms with Gasteiger partial charge in [-0.3, -0.25) is 4.79 Å². The number of hydrogen-bond donors (Lipinski definition) is 1. The van der Waals surface area contributed by atoms with Crippen molar-refractivity contribution in [2.45, 2.75) is 102 Å². The smallest absolute Gasteiger partial charge is 0.303 e. The van der Waals surface area contributed by atoms with Crippen molar-refractivity contribution in [3.63, 3.8) is 0 Å². The monoisotopic (exact) mass is 396 g/mol. The molecule has 0 aromatic heterocycles. The first-order chi connectivity index (χ1) is 13.2. The molecule has 2 heterocycles. The lowest BCUT2D eigenvalue weighted by atomic mass is 9.74. The molecule has 0 unspecified atom stereocenters. The van der Waals surface area contributed by atoms with Crippen LogP contribution in [0.15, 0.2) is 12.7 Å². The minimum absolute atomic E-state index is 0.326. The molecule has 2 saturated heterocycles. The van der Waals surface area contributed by atoms with Crippen molar-refractivity contribution in [2.75, 3.05) is 11.5 Å².